The molecule has 0 aliphatic heterocycles. The number of hydrogen-bond donors (Lipinski definition) is 1. The normalized spacial score (nSPS) is 13.6. The molecule has 0 aliphatic rings. The maximum absolute atomic E-state index is 5.94. The first-order valence-electron chi connectivity index (χ1n) is 7.49. The summed E-state index contributed by atoms with van der Waals surface area (Å²) in [5.74, 6) is 3.86. The molecule has 0 spiro atoms. The Hall–Kier alpha value is -1.62. The quantitative estimate of drug-likeness (QED) is 0.919. The highest BCUT2D eigenvalue weighted by Gasteiger charge is 2.29. The van der Waals surface area contributed by atoms with E-state index in [9.17, 15) is 0 Å². The summed E-state index contributed by atoms with van der Waals surface area (Å²) in [6.07, 6.45) is 0.916. The highest BCUT2D eigenvalue weighted by Crippen LogP contribution is 2.34. The number of nitrogens with one attached hydrogen (secondary N) is 1. The number of rotatable bonds is 5. The fourth-order valence-electron chi connectivity index (χ4n) is 2.37. The first-order valence-corrected chi connectivity index (χ1v) is 7.49. The van der Waals surface area contributed by atoms with Crippen LogP contribution in [0.15, 0.2) is 16.5 Å². The average molecular weight is 290 g/mol. The molecule has 0 saturated heterocycles. The summed E-state index contributed by atoms with van der Waals surface area (Å²) >= 11 is 0. The topological polar surface area (TPSA) is 55.9 Å². The van der Waals surface area contributed by atoms with Gasteiger partial charge in [-0.25, -0.2) is 0 Å². The van der Waals surface area contributed by atoms with Crippen molar-refractivity contribution in [3.8, 4) is 0 Å². The molecular weight excluding hydrogens is 264 g/mol. The lowest BCUT2D eigenvalue weighted by molar-refractivity contribution is 0.230. The smallest absolute Gasteiger partial charge is 0.146 e. The molecule has 2 aromatic rings. The van der Waals surface area contributed by atoms with E-state index in [-0.39, 0.29) is 11.5 Å². The molecule has 0 saturated carbocycles. The maximum Gasteiger partial charge on any atom is 0.146 e. The lowest BCUT2D eigenvalue weighted by Crippen LogP contribution is -2.32. The molecule has 0 aliphatic carbocycles. The number of hydrogen-bond acceptors (Lipinski definition) is 4. The van der Waals surface area contributed by atoms with Gasteiger partial charge in [0.2, 0.25) is 0 Å². The van der Waals surface area contributed by atoms with Crippen molar-refractivity contribution >= 4 is 0 Å². The van der Waals surface area contributed by atoms with Gasteiger partial charge in [-0.05, 0) is 24.5 Å². The Morgan fingerprint density at radius 1 is 1.29 bits per heavy atom. The van der Waals surface area contributed by atoms with Gasteiger partial charge in [-0.1, -0.05) is 27.7 Å². The Bertz CT molecular complexity index is 592. The van der Waals surface area contributed by atoms with Crippen LogP contribution in [0.1, 0.15) is 56.9 Å². The first-order chi connectivity index (χ1) is 9.82. The Balaban J connectivity index is 2.16. The van der Waals surface area contributed by atoms with Crippen LogP contribution in [0.3, 0.4) is 0 Å². The standard InChI is InChI=1S/C16H26N4O/c1-7-12-8-9-13(21-12)15(16(3,4)5)17-10-14-19-18-11(2)20(14)6/h8-9,15,17H,7,10H2,1-6H3/t15-/m1/s1. The molecule has 116 valence electrons. The van der Waals surface area contributed by atoms with Gasteiger partial charge in [-0.3, -0.25) is 5.32 Å². The fraction of sp³-hybridized carbons (Fsp3) is 0.625. The van der Waals surface area contributed by atoms with Gasteiger partial charge in [-0.2, -0.15) is 0 Å². The highest BCUT2D eigenvalue weighted by molar-refractivity contribution is 5.13. The average Bonchev–Trinajstić information content (AvgIpc) is 2.99. The summed E-state index contributed by atoms with van der Waals surface area (Å²) in [5.41, 5.74) is 0.0521. The van der Waals surface area contributed by atoms with E-state index >= 15 is 0 Å². The van der Waals surface area contributed by atoms with E-state index in [0.717, 1.165) is 29.6 Å². The second-order valence-electron chi connectivity index (χ2n) is 6.56. The second-order valence-corrected chi connectivity index (χ2v) is 6.56. The van der Waals surface area contributed by atoms with Gasteiger partial charge in [0.05, 0.1) is 12.6 Å². The van der Waals surface area contributed by atoms with Gasteiger partial charge in [0.25, 0.3) is 0 Å². The van der Waals surface area contributed by atoms with E-state index in [1.165, 1.54) is 0 Å². The van der Waals surface area contributed by atoms with Gasteiger partial charge >= 0.3 is 0 Å². The highest BCUT2D eigenvalue weighted by atomic mass is 16.3. The minimum absolute atomic E-state index is 0.0521. The minimum Gasteiger partial charge on any atom is -0.464 e. The van der Waals surface area contributed by atoms with E-state index < -0.39 is 0 Å². The molecule has 21 heavy (non-hydrogen) atoms. The molecule has 5 heteroatoms. The summed E-state index contributed by atoms with van der Waals surface area (Å²) in [6, 6.07) is 4.26. The Labute approximate surface area is 126 Å². The third kappa shape index (κ3) is 3.53. The third-order valence-corrected chi connectivity index (χ3v) is 3.83. The lowest BCUT2D eigenvalue weighted by Gasteiger charge is -2.30. The molecule has 1 atom stereocenters. The predicted octanol–water partition coefficient (Wildman–Crippen LogP) is 3.16. The van der Waals surface area contributed by atoms with Crippen LogP contribution >= 0.6 is 0 Å². The Morgan fingerprint density at radius 3 is 2.48 bits per heavy atom. The van der Waals surface area contributed by atoms with Crippen LogP contribution in [0.5, 0.6) is 0 Å². The van der Waals surface area contributed by atoms with Crippen molar-refractivity contribution in [1.82, 2.24) is 20.1 Å². The van der Waals surface area contributed by atoms with Crippen molar-refractivity contribution in [2.24, 2.45) is 12.5 Å². The van der Waals surface area contributed by atoms with E-state index in [4.69, 9.17) is 4.42 Å². The lowest BCUT2D eigenvalue weighted by atomic mass is 9.85. The zero-order valence-corrected chi connectivity index (χ0v) is 13.9. The first kappa shape index (κ1) is 15.8. The molecule has 0 amide bonds. The fourth-order valence-corrected chi connectivity index (χ4v) is 2.37. The van der Waals surface area contributed by atoms with Crippen LogP contribution < -0.4 is 5.32 Å². The van der Waals surface area contributed by atoms with Gasteiger partial charge in [-0.15, -0.1) is 10.2 Å². The molecule has 2 rings (SSSR count). The summed E-state index contributed by atoms with van der Waals surface area (Å²) < 4.78 is 7.95. The zero-order chi connectivity index (χ0) is 15.6. The van der Waals surface area contributed by atoms with E-state index in [0.29, 0.717) is 6.54 Å². The molecule has 0 bridgehead atoms. The van der Waals surface area contributed by atoms with Crippen molar-refractivity contribution < 1.29 is 4.42 Å². The van der Waals surface area contributed by atoms with Crippen LogP contribution in [0.25, 0.3) is 0 Å². The predicted molar refractivity (Wildman–Crippen MR) is 82.9 cm³/mol. The van der Waals surface area contributed by atoms with Gasteiger partial charge < -0.3 is 8.98 Å². The van der Waals surface area contributed by atoms with Crippen LogP contribution in [-0.4, -0.2) is 14.8 Å². The van der Waals surface area contributed by atoms with Crippen molar-refractivity contribution in [3.63, 3.8) is 0 Å². The van der Waals surface area contributed by atoms with Crippen molar-refractivity contribution in [2.75, 3.05) is 0 Å². The molecular formula is C16H26N4O. The summed E-state index contributed by atoms with van der Waals surface area (Å²) in [7, 11) is 1.99. The molecule has 0 aromatic carbocycles. The Morgan fingerprint density at radius 2 is 2.00 bits per heavy atom. The van der Waals surface area contributed by atoms with Crippen LogP contribution in [-0.2, 0) is 20.0 Å². The molecule has 5 nitrogen and oxygen atoms in total. The molecule has 0 radical (unpaired) electrons. The third-order valence-electron chi connectivity index (χ3n) is 3.83. The van der Waals surface area contributed by atoms with Gasteiger partial charge in [0.15, 0.2) is 0 Å². The minimum atomic E-state index is 0.0521. The molecule has 0 unspecified atom stereocenters. The number of furan rings is 1. The molecule has 0 fully saturated rings. The van der Waals surface area contributed by atoms with Crippen LogP contribution in [0, 0.1) is 12.3 Å². The van der Waals surface area contributed by atoms with E-state index in [1.54, 1.807) is 0 Å². The van der Waals surface area contributed by atoms with E-state index in [2.05, 4.69) is 55.3 Å². The van der Waals surface area contributed by atoms with Gasteiger partial charge in [0.1, 0.15) is 23.2 Å². The number of nitrogens with zero attached hydrogens (tertiary/aromatic N) is 3. The molecule has 1 N–H and O–H groups in total. The summed E-state index contributed by atoms with van der Waals surface area (Å²) in [4.78, 5) is 0. The van der Waals surface area contributed by atoms with Crippen LogP contribution in [0.4, 0.5) is 0 Å². The summed E-state index contributed by atoms with van der Waals surface area (Å²) in [6.45, 7) is 11.4. The largest absolute Gasteiger partial charge is 0.464 e. The number of aryl methyl sites for hydroxylation is 2. The zero-order valence-electron chi connectivity index (χ0n) is 13.9. The molecule has 2 aromatic heterocycles. The number of aromatic nitrogens is 3. The summed E-state index contributed by atoms with van der Waals surface area (Å²) in [5, 5.41) is 11.9. The maximum atomic E-state index is 5.94. The second kappa shape index (κ2) is 6.02. The Kier molecular flexibility index (Phi) is 4.52. The van der Waals surface area contributed by atoms with Crippen LogP contribution in [0.2, 0.25) is 0 Å². The monoisotopic (exact) mass is 290 g/mol. The SMILES string of the molecule is CCc1ccc([C@@H](NCc2nnc(C)n2C)C(C)(C)C)o1. The van der Waals surface area contributed by atoms with Crippen molar-refractivity contribution in [3.05, 3.63) is 35.3 Å². The van der Waals surface area contributed by atoms with E-state index in [1.807, 2.05) is 18.5 Å². The van der Waals surface area contributed by atoms with Crippen molar-refractivity contribution in [1.29, 1.82) is 0 Å². The molecule has 2 heterocycles. The van der Waals surface area contributed by atoms with Crippen molar-refractivity contribution in [2.45, 2.75) is 53.6 Å². The van der Waals surface area contributed by atoms with Gasteiger partial charge in [0, 0.05) is 13.5 Å².